The normalized spacial score (nSPS) is 31.5. The van der Waals surface area contributed by atoms with E-state index >= 15 is 0 Å². The van der Waals surface area contributed by atoms with Crippen molar-refractivity contribution in [3.63, 3.8) is 0 Å². The van der Waals surface area contributed by atoms with E-state index in [-0.39, 0.29) is 17.6 Å². The molecule has 1 unspecified atom stereocenters. The zero-order chi connectivity index (χ0) is 17.5. The van der Waals surface area contributed by atoms with Gasteiger partial charge in [-0.1, -0.05) is 37.1 Å². The van der Waals surface area contributed by atoms with Gasteiger partial charge in [0.25, 0.3) is 0 Å². The Bertz CT molecular complexity index is 626. The Kier molecular flexibility index (Phi) is 4.61. The molecular formula is C21H30O3. The van der Waals surface area contributed by atoms with Crippen molar-refractivity contribution in [1.82, 2.24) is 0 Å². The monoisotopic (exact) mass is 330 g/mol. The van der Waals surface area contributed by atoms with Crippen LogP contribution in [0.3, 0.4) is 0 Å². The van der Waals surface area contributed by atoms with Gasteiger partial charge in [-0.05, 0) is 52.5 Å². The molecule has 0 saturated carbocycles. The van der Waals surface area contributed by atoms with Crippen LogP contribution in [-0.2, 0) is 15.9 Å². The van der Waals surface area contributed by atoms with Crippen LogP contribution >= 0.6 is 0 Å². The van der Waals surface area contributed by atoms with Crippen molar-refractivity contribution in [2.45, 2.75) is 84.7 Å². The predicted octanol–water partition coefficient (Wildman–Crippen LogP) is 4.84. The minimum Gasteiger partial charge on any atom is -0.345 e. The maximum Gasteiger partial charge on any atom is 0.169 e. The Morgan fingerprint density at radius 1 is 1.12 bits per heavy atom. The van der Waals surface area contributed by atoms with Crippen LogP contribution in [0.15, 0.2) is 18.2 Å². The van der Waals surface area contributed by atoms with Crippen LogP contribution in [0.25, 0.3) is 0 Å². The van der Waals surface area contributed by atoms with Gasteiger partial charge in [-0.15, -0.1) is 0 Å². The van der Waals surface area contributed by atoms with Gasteiger partial charge < -0.3 is 9.47 Å². The minimum atomic E-state index is -0.565. The fraction of sp³-hybridized carbons (Fsp3) is 0.667. The lowest BCUT2D eigenvalue weighted by Crippen LogP contribution is -2.34. The van der Waals surface area contributed by atoms with Crippen LogP contribution in [0.4, 0.5) is 0 Å². The first-order valence-corrected chi connectivity index (χ1v) is 9.28. The van der Waals surface area contributed by atoms with Gasteiger partial charge in [0.15, 0.2) is 11.6 Å². The summed E-state index contributed by atoms with van der Waals surface area (Å²) in [5.74, 6) is -0.244. The second-order valence-electron chi connectivity index (χ2n) is 7.98. The summed E-state index contributed by atoms with van der Waals surface area (Å²) in [7, 11) is 0. The van der Waals surface area contributed by atoms with Crippen molar-refractivity contribution in [2.24, 2.45) is 5.41 Å². The van der Waals surface area contributed by atoms with Crippen molar-refractivity contribution in [1.29, 1.82) is 0 Å². The Balaban J connectivity index is 1.80. The van der Waals surface area contributed by atoms with Gasteiger partial charge in [0.2, 0.25) is 0 Å². The lowest BCUT2D eigenvalue weighted by molar-refractivity contribution is -0.167. The smallest absolute Gasteiger partial charge is 0.169 e. The number of rotatable bonds is 5. The van der Waals surface area contributed by atoms with E-state index < -0.39 is 5.79 Å². The predicted molar refractivity (Wildman–Crippen MR) is 95.3 cm³/mol. The number of hydrogen-bond acceptors (Lipinski definition) is 3. The molecule has 3 heteroatoms. The first kappa shape index (κ1) is 17.6. The molecule has 3 atom stereocenters. The average molecular weight is 330 g/mol. The van der Waals surface area contributed by atoms with Crippen LogP contribution in [0.5, 0.6) is 0 Å². The quantitative estimate of drug-likeness (QED) is 0.775. The van der Waals surface area contributed by atoms with Gasteiger partial charge in [0.1, 0.15) is 0 Å². The first-order chi connectivity index (χ1) is 11.3. The third-order valence-corrected chi connectivity index (χ3v) is 5.83. The molecule has 1 saturated heterocycles. The van der Waals surface area contributed by atoms with Gasteiger partial charge in [0, 0.05) is 17.4 Å². The summed E-state index contributed by atoms with van der Waals surface area (Å²) in [5, 5.41) is 0. The first-order valence-electron chi connectivity index (χ1n) is 9.28. The molecule has 1 aromatic rings. The molecule has 0 N–H and O–H groups in total. The van der Waals surface area contributed by atoms with E-state index in [1.165, 1.54) is 11.1 Å². The van der Waals surface area contributed by atoms with Gasteiger partial charge in [-0.3, -0.25) is 4.79 Å². The second-order valence-corrected chi connectivity index (χ2v) is 7.98. The lowest BCUT2D eigenvalue weighted by Gasteiger charge is -2.31. The summed E-state index contributed by atoms with van der Waals surface area (Å²) in [6.45, 7) is 10.4. The number of aryl methyl sites for hydroxylation is 1. The van der Waals surface area contributed by atoms with Crippen LogP contribution in [-0.4, -0.2) is 23.8 Å². The van der Waals surface area contributed by atoms with Crippen LogP contribution < -0.4 is 0 Å². The number of fused-ring (bicyclic) bond motifs is 1. The molecule has 1 aliphatic heterocycles. The van der Waals surface area contributed by atoms with E-state index in [1.807, 2.05) is 19.1 Å². The van der Waals surface area contributed by atoms with Crippen LogP contribution in [0, 0.1) is 12.3 Å². The summed E-state index contributed by atoms with van der Waals surface area (Å²) >= 11 is 0. The molecule has 132 valence electrons. The molecule has 0 spiro atoms. The summed E-state index contributed by atoms with van der Waals surface area (Å²) < 4.78 is 12.1. The number of ketones is 1. The van der Waals surface area contributed by atoms with Crippen molar-refractivity contribution in [3.05, 3.63) is 34.9 Å². The largest absolute Gasteiger partial charge is 0.345 e. The average Bonchev–Trinajstić information content (AvgIpc) is 2.92. The molecule has 1 fully saturated rings. The number of ether oxygens (including phenoxy) is 2. The fourth-order valence-electron chi connectivity index (χ4n) is 4.42. The Labute approximate surface area is 145 Å². The van der Waals surface area contributed by atoms with Gasteiger partial charge in [0.05, 0.1) is 12.2 Å². The zero-order valence-corrected chi connectivity index (χ0v) is 15.6. The van der Waals surface area contributed by atoms with Crippen LogP contribution in [0.2, 0.25) is 0 Å². The molecular weight excluding hydrogens is 300 g/mol. The maximum atomic E-state index is 13.2. The lowest BCUT2D eigenvalue weighted by atomic mass is 9.75. The van der Waals surface area contributed by atoms with E-state index in [2.05, 4.69) is 33.8 Å². The topological polar surface area (TPSA) is 35.5 Å². The van der Waals surface area contributed by atoms with Gasteiger partial charge >= 0.3 is 0 Å². The number of benzene rings is 1. The molecule has 1 aromatic carbocycles. The van der Waals surface area contributed by atoms with E-state index in [1.54, 1.807) is 0 Å². The zero-order valence-electron chi connectivity index (χ0n) is 15.6. The Hall–Kier alpha value is -1.19. The summed E-state index contributed by atoms with van der Waals surface area (Å²) in [4.78, 5) is 13.2. The van der Waals surface area contributed by atoms with Crippen molar-refractivity contribution >= 4 is 5.78 Å². The highest BCUT2D eigenvalue weighted by Gasteiger charge is 2.47. The molecule has 0 aromatic heterocycles. The second kappa shape index (κ2) is 6.27. The highest BCUT2D eigenvalue weighted by molar-refractivity contribution is 6.05. The highest BCUT2D eigenvalue weighted by atomic mass is 16.7. The van der Waals surface area contributed by atoms with E-state index in [0.29, 0.717) is 5.78 Å². The minimum absolute atomic E-state index is 0.108. The molecule has 0 bridgehead atoms. The summed E-state index contributed by atoms with van der Waals surface area (Å²) in [5.41, 5.74) is 3.09. The van der Waals surface area contributed by atoms with Crippen molar-refractivity contribution < 1.29 is 14.3 Å². The molecule has 1 heterocycles. The molecule has 3 nitrogen and oxygen atoms in total. The van der Waals surface area contributed by atoms with Gasteiger partial charge in [-0.2, -0.15) is 0 Å². The standard InChI is InChI=1S/C21H30O3/c1-6-9-21(11-10-20(5)23-15(3)16(4)24-20)13-17-12-14(2)7-8-18(17)19(21)22/h7-8,12,15-16H,6,9-11,13H2,1-5H3/t15-,16-,21?/m1/s1. The molecule has 1 aliphatic carbocycles. The van der Waals surface area contributed by atoms with Crippen molar-refractivity contribution in [3.8, 4) is 0 Å². The highest BCUT2D eigenvalue weighted by Crippen LogP contribution is 2.46. The third kappa shape index (κ3) is 3.04. The molecule has 0 radical (unpaired) electrons. The van der Waals surface area contributed by atoms with Crippen LogP contribution in [0.1, 0.15) is 74.9 Å². The summed E-state index contributed by atoms with van der Waals surface area (Å²) in [6.07, 6.45) is 4.61. The number of carbonyl (C=O) groups excluding carboxylic acids is 1. The van der Waals surface area contributed by atoms with E-state index in [9.17, 15) is 4.79 Å². The number of hydrogen-bond donors (Lipinski definition) is 0. The van der Waals surface area contributed by atoms with E-state index in [4.69, 9.17) is 9.47 Å². The maximum absolute atomic E-state index is 13.2. The number of Topliss-reactive ketones (excluding diaryl/α,β-unsaturated/α-hetero) is 1. The molecule has 2 aliphatic rings. The fourth-order valence-corrected chi connectivity index (χ4v) is 4.42. The Morgan fingerprint density at radius 2 is 1.79 bits per heavy atom. The van der Waals surface area contributed by atoms with Gasteiger partial charge in [-0.25, -0.2) is 0 Å². The molecule has 3 rings (SSSR count). The SMILES string of the molecule is CCCC1(CCC2(C)O[C@H](C)[C@@H](C)O2)Cc2cc(C)ccc2C1=O. The van der Waals surface area contributed by atoms with E-state index in [0.717, 1.165) is 37.7 Å². The number of carbonyl (C=O) groups is 1. The van der Waals surface area contributed by atoms with Crippen molar-refractivity contribution in [2.75, 3.05) is 0 Å². The molecule has 24 heavy (non-hydrogen) atoms. The molecule has 0 amide bonds. The summed E-state index contributed by atoms with van der Waals surface area (Å²) in [6, 6.07) is 6.24. The Morgan fingerprint density at radius 3 is 2.42 bits per heavy atom. The third-order valence-electron chi connectivity index (χ3n) is 5.83.